The van der Waals surface area contributed by atoms with Gasteiger partial charge in [0.1, 0.15) is 11.4 Å². The number of nitrogens with zero attached hydrogens (tertiary/aromatic N) is 1. The molecule has 33 heavy (non-hydrogen) atoms. The van der Waals surface area contributed by atoms with Crippen molar-refractivity contribution in [1.82, 2.24) is 9.62 Å². The summed E-state index contributed by atoms with van der Waals surface area (Å²) in [4.78, 5) is 13.5. The standard InChI is InChI=1S/C26H34N2O4S/c1-4-26(5-2)18-22(21-11-7-8-12-23(21)32-26)27-25(29)20-14-13-19(3)24(17-20)33(30,31)28-15-9-6-10-16-28/h7-8,11-14,17,22H,4-6,9-10,15-16,18H2,1-3H3,(H,27,29)/t22-/m1/s1. The minimum absolute atomic E-state index is 0.203. The molecule has 2 heterocycles. The highest BCUT2D eigenvalue weighted by molar-refractivity contribution is 7.89. The molecule has 0 saturated carbocycles. The maximum atomic E-state index is 13.3. The maximum Gasteiger partial charge on any atom is 0.251 e. The van der Waals surface area contributed by atoms with Gasteiger partial charge in [0.2, 0.25) is 10.0 Å². The van der Waals surface area contributed by atoms with Gasteiger partial charge in [0.05, 0.1) is 10.9 Å². The van der Waals surface area contributed by atoms with E-state index in [9.17, 15) is 13.2 Å². The number of rotatable bonds is 6. The zero-order chi connectivity index (χ0) is 23.6. The van der Waals surface area contributed by atoms with E-state index in [0.29, 0.717) is 30.6 Å². The summed E-state index contributed by atoms with van der Waals surface area (Å²) in [5, 5.41) is 3.17. The lowest BCUT2D eigenvalue weighted by Crippen LogP contribution is -2.44. The van der Waals surface area contributed by atoms with Crippen LogP contribution in [0.1, 0.15) is 79.9 Å². The van der Waals surface area contributed by atoms with Gasteiger partial charge in [-0.1, -0.05) is 44.5 Å². The lowest BCUT2D eigenvalue weighted by molar-refractivity contribution is 0.0227. The molecule has 7 heteroatoms. The number of ether oxygens (including phenoxy) is 1. The van der Waals surface area contributed by atoms with Crippen molar-refractivity contribution in [1.29, 1.82) is 0 Å². The van der Waals surface area contributed by atoms with Crippen molar-refractivity contribution < 1.29 is 17.9 Å². The minimum Gasteiger partial charge on any atom is -0.487 e. The molecule has 1 amide bonds. The van der Waals surface area contributed by atoms with Gasteiger partial charge >= 0.3 is 0 Å². The van der Waals surface area contributed by atoms with Gasteiger partial charge in [0.25, 0.3) is 5.91 Å². The summed E-state index contributed by atoms with van der Waals surface area (Å²) in [6.07, 6.45) is 5.15. The van der Waals surface area contributed by atoms with Gasteiger partial charge in [0.15, 0.2) is 0 Å². The van der Waals surface area contributed by atoms with Crippen LogP contribution in [0.2, 0.25) is 0 Å². The number of carbonyl (C=O) groups excluding carboxylic acids is 1. The van der Waals surface area contributed by atoms with Crippen molar-refractivity contribution in [3.05, 3.63) is 59.2 Å². The Morgan fingerprint density at radius 3 is 2.48 bits per heavy atom. The van der Waals surface area contributed by atoms with Gasteiger partial charge in [-0.2, -0.15) is 4.31 Å². The first-order chi connectivity index (χ1) is 15.8. The Kier molecular flexibility index (Phi) is 6.82. The highest BCUT2D eigenvalue weighted by Gasteiger charge is 2.39. The summed E-state index contributed by atoms with van der Waals surface area (Å²) in [5.74, 6) is 0.530. The van der Waals surface area contributed by atoms with Crippen LogP contribution >= 0.6 is 0 Å². The van der Waals surface area contributed by atoms with Gasteiger partial charge in [-0.25, -0.2) is 8.42 Å². The lowest BCUT2D eigenvalue weighted by atomic mass is 9.83. The van der Waals surface area contributed by atoms with E-state index in [4.69, 9.17) is 4.74 Å². The maximum absolute atomic E-state index is 13.3. The summed E-state index contributed by atoms with van der Waals surface area (Å²) in [7, 11) is -3.62. The first-order valence-electron chi connectivity index (χ1n) is 12.0. The first-order valence-corrected chi connectivity index (χ1v) is 13.4. The Morgan fingerprint density at radius 1 is 1.09 bits per heavy atom. The van der Waals surface area contributed by atoms with Gasteiger partial charge in [-0.3, -0.25) is 4.79 Å². The molecule has 1 saturated heterocycles. The smallest absolute Gasteiger partial charge is 0.251 e. The van der Waals surface area contributed by atoms with Crippen LogP contribution in [0.15, 0.2) is 47.4 Å². The van der Waals surface area contributed by atoms with Crippen LogP contribution in [0.25, 0.3) is 0 Å². The Balaban J connectivity index is 1.62. The van der Waals surface area contributed by atoms with Crippen LogP contribution in [-0.2, 0) is 10.0 Å². The number of aryl methyl sites for hydroxylation is 1. The van der Waals surface area contributed by atoms with Crippen molar-refractivity contribution in [2.45, 2.75) is 75.8 Å². The molecule has 2 aromatic carbocycles. The zero-order valence-electron chi connectivity index (χ0n) is 19.8. The fraction of sp³-hybridized carbons (Fsp3) is 0.500. The van der Waals surface area contributed by atoms with Crippen molar-refractivity contribution in [3.63, 3.8) is 0 Å². The summed E-state index contributed by atoms with van der Waals surface area (Å²) in [6, 6.07) is 12.6. The van der Waals surface area contributed by atoms with E-state index in [-0.39, 0.29) is 22.4 Å². The van der Waals surface area contributed by atoms with E-state index < -0.39 is 10.0 Å². The summed E-state index contributed by atoms with van der Waals surface area (Å²) in [5.41, 5.74) is 1.64. The predicted octanol–water partition coefficient (Wildman–Crippen LogP) is 4.98. The van der Waals surface area contributed by atoms with Crippen molar-refractivity contribution >= 4 is 15.9 Å². The molecule has 0 radical (unpaired) electrons. The monoisotopic (exact) mass is 470 g/mol. The van der Waals surface area contributed by atoms with Gasteiger partial charge in [-0.05, 0) is 56.4 Å². The fourth-order valence-electron chi connectivity index (χ4n) is 4.94. The third-order valence-corrected chi connectivity index (χ3v) is 9.21. The number of amides is 1. The van der Waals surface area contributed by atoms with Crippen LogP contribution in [0, 0.1) is 6.92 Å². The van der Waals surface area contributed by atoms with Crippen LogP contribution in [-0.4, -0.2) is 37.3 Å². The number of hydrogen-bond donors (Lipinski definition) is 1. The van der Waals surface area contributed by atoms with Gasteiger partial charge in [0, 0.05) is 30.6 Å². The molecule has 0 bridgehead atoms. The quantitative estimate of drug-likeness (QED) is 0.646. The SMILES string of the molecule is CCC1(CC)C[C@@H](NC(=O)c2ccc(C)c(S(=O)(=O)N3CCCCC3)c2)c2ccccc2O1. The van der Waals surface area contributed by atoms with Crippen molar-refractivity contribution in [2.75, 3.05) is 13.1 Å². The molecule has 6 nitrogen and oxygen atoms in total. The largest absolute Gasteiger partial charge is 0.487 e. The third-order valence-electron chi connectivity index (χ3n) is 7.17. The predicted molar refractivity (Wildman–Crippen MR) is 129 cm³/mol. The minimum atomic E-state index is -3.62. The summed E-state index contributed by atoms with van der Waals surface area (Å²) < 4.78 is 34.4. The molecule has 2 aliphatic rings. The lowest BCUT2D eigenvalue weighted by Gasteiger charge is -2.41. The van der Waals surface area contributed by atoms with Gasteiger partial charge in [-0.15, -0.1) is 0 Å². The van der Waals surface area contributed by atoms with Crippen LogP contribution in [0.5, 0.6) is 5.75 Å². The second-order valence-corrected chi connectivity index (χ2v) is 11.1. The number of carbonyl (C=O) groups is 1. The average molecular weight is 471 g/mol. The molecule has 0 unspecified atom stereocenters. The highest BCUT2D eigenvalue weighted by atomic mass is 32.2. The topological polar surface area (TPSA) is 75.7 Å². The molecule has 178 valence electrons. The second-order valence-electron chi connectivity index (χ2n) is 9.21. The molecule has 2 aromatic rings. The highest BCUT2D eigenvalue weighted by Crippen LogP contribution is 2.42. The van der Waals surface area contributed by atoms with E-state index >= 15 is 0 Å². The van der Waals surface area contributed by atoms with E-state index in [1.165, 1.54) is 6.07 Å². The molecule has 1 N–H and O–H groups in total. The number of nitrogens with one attached hydrogen (secondary N) is 1. The molecule has 4 rings (SSSR count). The van der Waals surface area contributed by atoms with E-state index in [2.05, 4.69) is 19.2 Å². The number of para-hydroxylation sites is 1. The Hall–Kier alpha value is -2.38. The normalized spacial score (nSPS) is 20.5. The Morgan fingerprint density at radius 2 is 1.79 bits per heavy atom. The fourth-order valence-corrected chi connectivity index (χ4v) is 6.70. The summed E-state index contributed by atoms with van der Waals surface area (Å²) in [6.45, 7) is 7.06. The number of sulfonamides is 1. The van der Waals surface area contributed by atoms with Crippen molar-refractivity contribution in [2.24, 2.45) is 0 Å². The van der Waals surface area contributed by atoms with Crippen LogP contribution in [0.3, 0.4) is 0 Å². The number of fused-ring (bicyclic) bond motifs is 1. The van der Waals surface area contributed by atoms with E-state index in [1.54, 1.807) is 23.4 Å². The number of benzene rings is 2. The molecule has 1 atom stereocenters. The first kappa shape index (κ1) is 23.8. The van der Waals surface area contributed by atoms with Crippen LogP contribution < -0.4 is 10.1 Å². The molecule has 0 aliphatic carbocycles. The molecule has 0 spiro atoms. The van der Waals surface area contributed by atoms with E-state index in [1.807, 2.05) is 24.3 Å². The Labute approximate surface area is 197 Å². The molecule has 0 aromatic heterocycles. The van der Waals surface area contributed by atoms with E-state index in [0.717, 1.165) is 43.4 Å². The Bertz CT molecular complexity index is 1120. The van der Waals surface area contributed by atoms with Crippen molar-refractivity contribution in [3.8, 4) is 5.75 Å². The average Bonchev–Trinajstić information content (AvgIpc) is 2.84. The second kappa shape index (κ2) is 9.47. The van der Waals surface area contributed by atoms with Crippen LogP contribution in [0.4, 0.5) is 0 Å². The molecular weight excluding hydrogens is 436 g/mol. The third kappa shape index (κ3) is 4.66. The number of hydrogen-bond acceptors (Lipinski definition) is 4. The summed E-state index contributed by atoms with van der Waals surface area (Å²) >= 11 is 0. The molecular formula is C26H34N2O4S. The van der Waals surface area contributed by atoms with Gasteiger partial charge < -0.3 is 10.1 Å². The molecule has 1 fully saturated rings. The number of piperidine rings is 1. The molecule has 2 aliphatic heterocycles. The zero-order valence-corrected chi connectivity index (χ0v) is 20.6.